The molecule has 0 aromatic heterocycles. The number of piperazine rings is 1. The molecule has 0 saturated carbocycles. The second-order valence-electron chi connectivity index (χ2n) is 4.96. The zero-order chi connectivity index (χ0) is 12.3. The van der Waals surface area contributed by atoms with E-state index in [1.165, 1.54) is 16.8 Å². The van der Waals surface area contributed by atoms with Crippen LogP contribution in [0.25, 0.3) is 0 Å². The average Bonchev–Trinajstić information content (AvgIpc) is 2.55. The Morgan fingerprint density at radius 3 is 2.53 bits per heavy atom. The maximum Gasteiger partial charge on any atom is 0.0364 e. The van der Waals surface area contributed by atoms with Gasteiger partial charge >= 0.3 is 0 Å². The third kappa shape index (κ3) is 3.10. The number of nitrogens with zero attached hydrogens (tertiary/aromatic N) is 2. The van der Waals surface area contributed by atoms with E-state index in [0.717, 1.165) is 32.6 Å². The van der Waals surface area contributed by atoms with Gasteiger partial charge in [0.25, 0.3) is 0 Å². The topological polar surface area (TPSA) is 6.48 Å². The van der Waals surface area contributed by atoms with Crippen LogP contribution >= 0.6 is 0 Å². The van der Waals surface area contributed by atoms with Gasteiger partial charge in [0.05, 0.1) is 0 Å². The molecule has 1 saturated heterocycles. The minimum atomic E-state index is 1.00. The molecule has 0 radical (unpaired) electrons. The molecule has 0 N–H and O–H groups in total. The highest BCUT2D eigenvalue weighted by atomic mass is 15.2. The van der Waals surface area contributed by atoms with Crippen LogP contribution in [0.15, 0.2) is 47.7 Å². The van der Waals surface area contributed by atoms with Gasteiger partial charge in [0.15, 0.2) is 0 Å². The fourth-order valence-electron chi connectivity index (χ4n) is 2.21. The van der Waals surface area contributed by atoms with Crippen LogP contribution in [0.2, 0.25) is 0 Å². The molecule has 0 amide bonds. The molecule has 1 aliphatic heterocycles. The molecular weight excluding hydrogens is 208 g/mol. The predicted molar refractivity (Wildman–Crippen MR) is 73.8 cm³/mol. The highest BCUT2D eigenvalue weighted by Gasteiger charge is 2.15. The van der Waals surface area contributed by atoms with Crippen LogP contribution in [-0.2, 0) is 0 Å². The Bertz CT molecular complexity index is 380. The van der Waals surface area contributed by atoms with Crippen LogP contribution in [0, 0.1) is 0 Å². The summed E-state index contributed by atoms with van der Waals surface area (Å²) in [6.45, 7) is 10.7. The zero-order valence-electron chi connectivity index (χ0n) is 10.9. The molecule has 0 aromatic carbocycles. The third-order valence-corrected chi connectivity index (χ3v) is 3.50. The van der Waals surface area contributed by atoms with E-state index >= 15 is 0 Å². The molecule has 0 aromatic rings. The van der Waals surface area contributed by atoms with E-state index in [0.29, 0.717) is 0 Å². The summed E-state index contributed by atoms with van der Waals surface area (Å²) < 4.78 is 0. The predicted octanol–water partition coefficient (Wildman–Crippen LogP) is 2.58. The lowest BCUT2D eigenvalue weighted by atomic mass is 10.1. The van der Waals surface area contributed by atoms with Gasteiger partial charge in [0.1, 0.15) is 0 Å². The molecule has 92 valence electrons. The molecule has 1 fully saturated rings. The summed E-state index contributed by atoms with van der Waals surface area (Å²) in [5, 5.41) is 0. The molecule has 17 heavy (non-hydrogen) atoms. The Labute approximate surface area is 105 Å². The van der Waals surface area contributed by atoms with E-state index in [4.69, 9.17) is 0 Å². The number of likely N-dealkylation sites (N-methyl/N-ethyl adjacent to an activating group) is 1. The van der Waals surface area contributed by atoms with Crippen molar-refractivity contribution in [3.63, 3.8) is 0 Å². The summed E-state index contributed by atoms with van der Waals surface area (Å²) in [6.07, 6.45) is 9.95. The molecule has 0 atom stereocenters. The Morgan fingerprint density at radius 1 is 1.18 bits per heavy atom. The lowest BCUT2D eigenvalue weighted by molar-refractivity contribution is 0.190. The monoisotopic (exact) mass is 230 g/mol. The second-order valence-corrected chi connectivity index (χ2v) is 4.96. The van der Waals surface area contributed by atoms with Crippen molar-refractivity contribution in [3.8, 4) is 0 Å². The fourth-order valence-corrected chi connectivity index (χ4v) is 2.21. The van der Waals surface area contributed by atoms with E-state index < -0.39 is 0 Å². The summed E-state index contributed by atoms with van der Waals surface area (Å²) in [4.78, 5) is 4.85. The highest BCUT2D eigenvalue weighted by Crippen LogP contribution is 2.19. The SMILES string of the molecule is C=C(C)C1=CC=C(N2CCN(C)CC2)C=CC1. The quantitative estimate of drug-likeness (QED) is 0.719. The van der Waals surface area contributed by atoms with Crippen molar-refractivity contribution in [3.05, 3.63) is 47.7 Å². The van der Waals surface area contributed by atoms with Gasteiger partial charge in [-0.05, 0) is 38.1 Å². The van der Waals surface area contributed by atoms with Crippen molar-refractivity contribution in [2.45, 2.75) is 13.3 Å². The summed E-state index contributed by atoms with van der Waals surface area (Å²) in [5.74, 6) is 0. The van der Waals surface area contributed by atoms with Crippen LogP contribution in [0.4, 0.5) is 0 Å². The first-order chi connectivity index (χ1) is 8.16. The van der Waals surface area contributed by atoms with Gasteiger partial charge < -0.3 is 9.80 Å². The van der Waals surface area contributed by atoms with Gasteiger partial charge in [-0.3, -0.25) is 0 Å². The van der Waals surface area contributed by atoms with Gasteiger partial charge in [-0.25, -0.2) is 0 Å². The van der Waals surface area contributed by atoms with Gasteiger partial charge in [-0.1, -0.05) is 24.3 Å². The van der Waals surface area contributed by atoms with Crippen molar-refractivity contribution in [1.29, 1.82) is 0 Å². The van der Waals surface area contributed by atoms with E-state index in [9.17, 15) is 0 Å². The van der Waals surface area contributed by atoms with Gasteiger partial charge in [-0.15, -0.1) is 0 Å². The summed E-state index contributed by atoms with van der Waals surface area (Å²) in [6, 6.07) is 0. The number of allylic oxidation sites excluding steroid dienone is 6. The minimum absolute atomic E-state index is 1.00. The minimum Gasteiger partial charge on any atom is -0.369 e. The number of hydrogen-bond acceptors (Lipinski definition) is 2. The summed E-state index contributed by atoms with van der Waals surface area (Å²) >= 11 is 0. The van der Waals surface area contributed by atoms with Crippen LogP contribution in [0.3, 0.4) is 0 Å². The molecule has 2 aliphatic rings. The fraction of sp³-hybridized carbons (Fsp3) is 0.467. The Balaban J connectivity index is 2.08. The van der Waals surface area contributed by atoms with Crippen molar-refractivity contribution in [2.75, 3.05) is 33.2 Å². The first kappa shape index (κ1) is 12.2. The molecule has 2 nitrogen and oxygen atoms in total. The summed E-state index contributed by atoms with van der Waals surface area (Å²) in [7, 11) is 2.19. The number of hydrogen-bond donors (Lipinski definition) is 0. The Morgan fingerprint density at radius 2 is 1.88 bits per heavy atom. The molecule has 1 heterocycles. The molecule has 2 heteroatoms. The average molecular weight is 230 g/mol. The second kappa shape index (κ2) is 5.37. The normalized spacial score (nSPS) is 21.9. The van der Waals surface area contributed by atoms with E-state index in [1.54, 1.807) is 0 Å². The highest BCUT2D eigenvalue weighted by molar-refractivity contribution is 5.38. The van der Waals surface area contributed by atoms with Crippen molar-refractivity contribution in [1.82, 2.24) is 9.80 Å². The maximum absolute atomic E-state index is 4.02. The third-order valence-electron chi connectivity index (χ3n) is 3.50. The van der Waals surface area contributed by atoms with E-state index in [2.05, 4.69) is 54.7 Å². The van der Waals surface area contributed by atoms with Crippen LogP contribution < -0.4 is 0 Å². The van der Waals surface area contributed by atoms with E-state index in [-0.39, 0.29) is 0 Å². The Hall–Kier alpha value is -1.28. The molecule has 0 spiro atoms. The van der Waals surface area contributed by atoms with Crippen LogP contribution in [-0.4, -0.2) is 43.0 Å². The van der Waals surface area contributed by atoms with Gasteiger partial charge in [0, 0.05) is 31.9 Å². The molecule has 0 bridgehead atoms. The lowest BCUT2D eigenvalue weighted by Gasteiger charge is -2.34. The lowest BCUT2D eigenvalue weighted by Crippen LogP contribution is -2.43. The van der Waals surface area contributed by atoms with Gasteiger partial charge in [-0.2, -0.15) is 0 Å². The first-order valence-corrected chi connectivity index (χ1v) is 6.33. The molecular formula is C15H22N2. The first-order valence-electron chi connectivity index (χ1n) is 6.33. The van der Waals surface area contributed by atoms with Crippen molar-refractivity contribution < 1.29 is 0 Å². The standard InChI is InChI=1S/C15H22N2/c1-13(2)14-5-4-6-15(8-7-14)17-11-9-16(3)10-12-17/h4,6-8H,1,5,9-12H2,2-3H3. The van der Waals surface area contributed by atoms with Crippen LogP contribution in [0.5, 0.6) is 0 Å². The molecule has 0 unspecified atom stereocenters. The van der Waals surface area contributed by atoms with Gasteiger partial charge in [0.2, 0.25) is 0 Å². The number of rotatable bonds is 2. The van der Waals surface area contributed by atoms with Crippen molar-refractivity contribution in [2.24, 2.45) is 0 Å². The molecule has 1 aliphatic carbocycles. The van der Waals surface area contributed by atoms with Crippen molar-refractivity contribution >= 4 is 0 Å². The smallest absolute Gasteiger partial charge is 0.0364 e. The van der Waals surface area contributed by atoms with E-state index in [1.807, 2.05) is 0 Å². The zero-order valence-corrected chi connectivity index (χ0v) is 10.9. The Kier molecular flexibility index (Phi) is 3.85. The largest absolute Gasteiger partial charge is 0.369 e. The maximum atomic E-state index is 4.02. The van der Waals surface area contributed by atoms with Crippen LogP contribution in [0.1, 0.15) is 13.3 Å². The molecule has 2 rings (SSSR count). The summed E-state index contributed by atoms with van der Waals surface area (Å²) in [5.41, 5.74) is 3.85.